The van der Waals surface area contributed by atoms with Crippen LogP contribution in [0.25, 0.3) is 11.1 Å². The maximum Gasteiger partial charge on any atom is 0.310 e. The Hall–Kier alpha value is -3.48. The molecule has 0 aliphatic carbocycles. The SMILES string of the molecule is CC(C)(C)OC(=O)C[C@@H](CSCC(=O)N(CCCN)[C@@H](c1cc(-c2cc(F)ccc2F)cn1Cc1ccccc1)C(C)(C)C)C(=O)OCC[Si](C)(C)C. The maximum atomic E-state index is 15.1. The molecular weight excluding hydrogens is 713 g/mol. The fourth-order valence-electron chi connectivity index (χ4n) is 6.01. The Kier molecular flexibility index (Phi) is 15.9. The minimum atomic E-state index is -1.46. The number of rotatable bonds is 18. The molecule has 1 aromatic heterocycles. The lowest BCUT2D eigenvalue weighted by atomic mass is 9.83. The van der Waals surface area contributed by atoms with Crippen molar-refractivity contribution in [1.82, 2.24) is 9.47 Å². The minimum Gasteiger partial charge on any atom is -0.466 e. The van der Waals surface area contributed by atoms with Crippen molar-refractivity contribution in [3.05, 3.63) is 83.7 Å². The van der Waals surface area contributed by atoms with Crippen molar-refractivity contribution in [2.24, 2.45) is 17.1 Å². The van der Waals surface area contributed by atoms with Crippen LogP contribution in [0.2, 0.25) is 25.7 Å². The number of halogens is 2. The van der Waals surface area contributed by atoms with Gasteiger partial charge in [0.25, 0.3) is 0 Å². The normalized spacial score (nSPS) is 13.4. The number of nitrogens with zero attached hydrogens (tertiary/aromatic N) is 2. The van der Waals surface area contributed by atoms with Crippen molar-refractivity contribution in [1.29, 1.82) is 0 Å². The van der Waals surface area contributed by atoms with Gasteiger partial charge in [0.05, 0.1) is 30.7 Å². The average Bonchev–Trinajstić information content (AvgIpc) is 3.44. The van der Waals surface area contributed by atoms with E-state index < -0.39 is 54.6 Å². The summed E-state index contributed by atoms with van der Waals surface area (Å²) in [5.74, 6) is -2.80. The summed E-state index contributed by atoms with van der Waals surface area (Å²) in [6.07, 6.45) is 2.20. The lowest BCUT2D eigenvalue weighted by Gasteiger charge is -2.41. The molecule has 12 heteroatoms. The summed E-state index contributed by atoms with van der Waals surface area (Å²) >= 11 is 1.27. The second kappa shape index (κ2) is 19.2. The van der Waals surface area contributed by atoms with Gasteiger partial charge in [-0.3, -0.25) is 14.4 Å². The van der Waals surface area contributed by atoms with Crippen molar-refractivity contribution in [2.75, 3.05) is 31.2 Å². The quantitative estimate of drug-likeness (QED) is 0.102. The third kappa shape index (κ3) is 14.4. The zero-order chi connectivity index (χ0) is 39.6. The summed E-state index contributed by atoms with van der Waals surface area (Å²) in [6, 6.07) is 15.4. The summed E-state index contributed by atoms with van der Waals surface area (Å²) in [6.45, 7) is 19.5. The van der Waals surface area contributed by atoms with Crippen LogP contribution in [0.1, 0.15) is 71.7 Å². The Balaban J connectivity index is 1.96. The molecule has 2 atom stereocenters. The molecule has 8 nitrogen and oxygen atoms in total. The average molecular weight is 772 g/mol. The highest BCUT2D eigenvalue weighted by atomic mass is 32.2. The highest BCUT2D eigenvalue weighted by Gasteiger charge is 2.37. The number of benzene rings is 2. The third-order valence-corrected chi connectivity index (χ3v) is 11.3. The number of nitrogens with two attached hydrogens (primary N) is 1. The van der Waals surface area contributed by atoms with E-state index in [1.807, 2.05) is 72.8 Å². The molecule has 292 valence electrons. The highest BCUT2D eigenvalue weighted by Crippen LogP contribution is 2.41. The molecular formula is C41H59F2N3O5SSi. The van der Waals surface area contributed by atoms with Gasteiger partial charge in [0, 0.05) is 49.9 Å². The van der Waals surface area contributed by atoms with Crippen LogP contribution in [0.15, 0.2) is 60.8 Å². The lowest BCUT2D eigenvalue weighted by molar-refractivity contribution is -0.160. The van der Waals surface area contributed by atoms with E-state index in [-0.39, 0.29) is 36.0 Å². The number of amides is 1. The molecule has 0 radical (unpaired) electrons. The number of thioether (sulfide) groups is 1. The number of ether oxygens (including phenoxy) is 2. The van der Waals surface area contributed by atoms with E-state index in [2.05, 4.69) is 19.6 Å². The minimum absolute atomic E-state index is 0.0366. The Morgan fingerprint density at radius 3 is 2.26 bits per heavy atom. The fourth-order valence-corrected chi connectivity index (χ4v) is 7.72. The molecule has 2 aromatic carbocycles. The first-order valence-electron chi connectivity index (χ1n) is 18.3. The van der Waals surface area contributed by atoms with Crippen LogP contribution in [0.4, 0.5) is 8.78 Å². The molecule has 0 saturated carbocycles. The molecule has 0 unspecified atom stereocenters. The topological polar surface area (TPSA) is 104 Å². The molecule has 0 spiro atoms. The van der Waals surface area contributed by atoms with E-state index >= 15 is 4.39 Å². The molecule has 0 fully saturated rings. The van der Waals surface area contributed by atoms with Gasteiger partial charge in [0.2, 0.25) is 5.91 Å². The molecule has 2 N–H and O–H groups in total. The van der Waals surface area contributed by atoms with E-state index in [0.717, 1.165) is 29.4 Å². The van der Waals surface area contributed by atoms with Crippen molar-refractivity contribution < 1.29 is 32.6 Å². The molecule has 1 amide bonds. The maximum absolute atomic E-state index is 15.1. The van der Waals surface area contributed by atoms with E-state index in [1.165, 1.54) is 17.8 Å². The summed E-state index contributed by atoms with van der Waals surface area (Å²) in [5, 5.41) is 0. The first-order chi connectivity index (χ1) is 24.7. The molecule has 0 aliphatic heterocycles. The molecule has 0 bridgehead atoms. The predicted molar refractivity (Wildman–Crippen MR) is 213 cm³/mol. The van der Waals surface area contributed by atoms with Gasteiger partial charge in [0.1, 0.15) is 17.2 Å². The van der Waals surface area contributed by atoms with Crippen LogP contribution >= 0.6 is 11.8 Å². The zero-order valence-corrected chi connectivity index (χ0v) is 34.8. The molecule has 1 heterocycles. The monoisotopic (exact) mass is 771 g/mol. The highest BCUT2D eigenvalue weighted by molar-refractivity contribution is 7.99. The van der Waals surface area contributed by atoms with Gasteiger partial charge < -0.3 is 24.7 Å². The zero-order valence-electron chi connectivity index (χ0n) is 33.0. The van der Waals surface area contributed by atoms with Crippen LogP contribution in [0, 0.1) is 23.0 Å². The number of carbonyl (C=O) groups is 3. The van der Waals surface area contributed by atoms with E-state index in [1.54, 1.807) is 20.8 Å². The molecule has 3 rings (SSSR count). The summed E-state index contributed by atoms with van der Waals surface area (Å²) in [4.78, 5) is 42.3. The summed E-state index contributed by atoms with van der Waals surface area (Å²) in [5.41, 5.74) is 7.17. The number of esters is 2. The lowest BCUT2D eigenvalue weighted by Crippen LogP contribution is -2.44. The standard InChI is InChI=1S/C41H59F2N3O5SSi/c1-40(2,3)38(35-22-30(33-24-32(42)16-17-34(33)43)26-45(35)25-29-14-11-10-12-15-29)46(19-13-18-44)36(47)28-52-27-31(23-37(48)51-41(4,5)6)39(49)50-20-21-53(7,8)9/h10-12,14-17,22,24,26,31,38H,13,18-21,23,25,27-28,44H2,1-9H3/t31-,38-/m0/s1. The number of hydrogen-bond donors (Lipinski definition) is 1. The molecule has 0 aliphatic rings. The van der Waals surface area contributed by atoms with Crippen LogP contribution in [-0.4, -0.2) is 72.2 Å². The van der Waals surface area contributed by atoms with E-state index in [9.17, 15) is 18.8 Å². The van der Waals surface area contributed by atoms with Crippen LogP contribution in [0.5, 0.6) is 0 Å². The van der Waals surface area contributed by atoms with Crippen LogP contribution in [-0.2, 0) is 30.4 Å². The van der Waals surface area contributed by atoms with Gasteiger partial charge in [-0.2, -0.15) is 11.8 Å². The first-order valence-corrected chi connectivity index (χ1v) is 23.2. The Labute approximate surface area is 320 Å². The smallest absolute Gasteiger partial charge is 0.310 e. The molecule has 3 aromatic rings. The Bertz CT molecular complexity index is 1660. The largest absolute Gasteiger partial charge is 0.466 e. The van der Waals surface area contributed by atoms with Gasteiger partial charge in [-0.05, 0) is 75.0 Å². The van der Waals surface area contributed by atoms with Gasteiger partial charge in [0.15, 0.2) is 0 Å². The molecule has 0 saturated heterocycles. The van der Waals surface area contributed by atoms with Crippen LogP contribution in [0.3, 0.4) is 0 Å². The third-order valence-electron chi connectivity index (χ3n) is 8.51. The van der Waals surface area contributed by atoms with Gasteiger partial charge in [-0.1, -0.05) is 70.7 Å². The predicted octanol–water partition coefficient (Wildman–Crippen LogP) is 8.71. The Morgan fingerprint density at radius 1 is 0.981 bits per heavy atom. The van der Waals surface area contributed by atoms with Gasteiger partial charge in [-0.25, -0.2) is 8.78 Å². The van der Waals surface area contributed by atoms with Crippen molar-refractivity contribution in [2.45, 2.75) is 98.3 Å². The number of carbonyl (C=O) groups excluding carboxylic acids is 3. The first kappa shape index (κ1) is 43.9. The second-order valence-corrected chi connectivity index (χ2v) is 23.5. The second-order valence-electron chi connectivity index (χ2n) is 16.9. The fraction of sp³-hybridized carbons (Fsp3) is 0.537. The van der Waals surface area contributed by atoms with E-state index in [4.69, 9.17) is 15.2 Å². The van der Waals surface area contributed by atoms with Crippen LogP contribution < -0.4 is 5.73 Å². The number of hydrogen-bond acceptors (Lipinski definition) is 7. The number of aromatic nitrogens is 1. The summed E-state index contributed by atoms with van der Waals surface area (Å²) in [7, 11) is -1.46. The van der Waals surface area contributed by atoms with Crippen molar-refractivity contribution >= 4 is 37.7 Å². The van der Waals surface area contributed by atoms with Crippen molar-refractivity contribution in [3.8, 4) is 11.1 Å². The Morgan fingerprint density at radius 2 is 1.66 bits per heavy atom. The van der Waals surface area contributed by atoms with Gasteiger partial charge >= 0.3 is 11.9 Å². The molecule has 53 heavy (non-hydrogen) atoms. The van der Waals surface area contributed by atoms with E-state index in [0.29, 0.717) is 31.6 Å². The summed E-state index contributed by atoms with van der Waals surface area (Å²) < 4.78 is 42.7. The van der Waals surface area contributed by atoms with Crippen molar-refractivity contribution in [3.63, 3.8) is 0 Å². The van der Waals surface area contributed by atoms with Gasteiger partial charge in [-0.15, -0.1) is 0 Å².